The highest BCUT2D eigenvalue weighted by Crippen LogP contribution is 2.14. The molecule has 0 saturated heterocycles. The molecule has 5 nitrogen and oxygen atoms in total. The Bertz CT molecular complexity index is 779. The number of hydrogen-bond acceptors (Lipinski definition) is 5. The summed E-state index contributed by atoms with van der Waals surface area (Å²) < 4.78 is 5.15. The molecule has 1 aromatic carbocycles. The molecule has 2 aromatic rings. The molecule has 0 fully saturated rings. The summed E-state index contributed by atoms with van der Waals surface area (Å²) in [6.07, 6.45) is 3.29. The Hall–Kier alpha value is -2.73. The molecule has 1 N–H and O–H groups in total. The molecule has 136 valence electrons. The van der Waals surface area contributed by atoms with Crippen molar-refractivity contribution in [2.75, 3.05) is 5.32 Å². The monoisotopic (exact) mass is 371 g/mol. The lowest BCUT2D eigenvalue weighted by Crippen LogP contribution is -2.23. The van der Waals surface area contributed by atoms with Gasteiger partial charge in [0, 0.05) is 28.6 Å². The van der Waals surface area contributed by atoms with Crippen LogP contribution < -0.4 is 5.32 Å². The van der Waals surface area contributed by atoms with Crippen LogP contribution in [0.4, 0.5) is 5.69 Å². The zero-order valence-corrected chi connectivity index (χ0v) is 15.5. The number of benzene rings is 1. The maximum absolute atomic E-state index is 12.4. The SMILES string of the molecule is CCCC(=O)Nc1ccc(C(=O)C(C)OC(=O)/C=C/c2cccs2)cc1. The van der Waals surface area contributed by atoms with Crippen molar-refractivity contribution in [1.29, 1.82) is 0 Å². The third-order valence-electron chi connectivity index (χ3n) is 3.52. The number of hydrogen-bond donors (Lipinski definition) is 1. The Morgan fingerprint density at radius 3 is 2.54 bits per heavy atom. The average Bonchev–Trinajstić information content (AvgIpc) is 3.14. The number of esters is 1. The first-order valence-electron chi connectivity index (χ1n) is 8.36. The standard InChI is InChI=1S/C20H21NO4S/c1-3-5-18(22)21-16-9-7-15(8-10-16)20(24)14(2)25-19(23)12-11-17-6-4-13-26-17/h4,6-14H,3,5H2,1-2H3,(H,21,22)/b12-11+. The average molecular weight is 371 g/mol. The van der Waals surface area contributed by atoms with E-state index in [0.717, 1.165) is 11.3 Å². The Morgan fingerprint density at radius 2 is 1.92 bits per heavy atom. The van der Waals surface area contributed by atoms with E-state index >= 15 is 0 Å². The molecule has 1 heterocycles. The van der Waals surface area contributed by atoms with Gasteiger partial charge in [0.2, 0.25) is 11.7 Å². The van der Waals surface area contributed by atoms with Crippen molar-refractivity contribution in [3.8, 4) is 0 Å². The number of carbonyl (C=O) groups is 3. The van der Waals surface area contributed by atoms with Crippen molar-refractivity contribution in [3.05, 3.63) is 58.3 Å². The molecule has 26 heavy (non-hydrogen) atoms. The Balaban J connectivity index is 1.90. The van der Waals surface area contributed by atoms with Crippen molar-refractivity contribution < 1.29 is 19.1 Å². The van der Waals surface area contributed by atoms with Crippen molar-refractivity contribution in [2.45, 2.75) is 32.8 Å². The molecule has 0 bridgehead atoms. The summed E-state index contributed by atoms with van der Waals surface area (Å²) in [5.74, 6) is -0.927. The summed E-state index contributed by atoms with van der Waals surface area (Å²) in [6, 6.07) is 10.3. The van der Waals surface area contributed by atoms with Crippen LogP contribution in [0, 0.1) is 0 Å². The van der Waals surface area contributed by atoms with Crippen LogP contribution in [0.2, 0.25) is 0 Å². The van der Waals surface area contributed by atoms with Crippen molar-refractivity contribution >= 4 is 40.8 Å². The summed E-state index contributed by atoms with van der Waals surface area (Å²) in [7, 11) is 0. The Labute approximate surface area is 156 Å². The number of thiophene rings is 1. The van der Waals surface area contributed by atoms with Gasteiger partial charge in [-0.05, 0) is 55.1 Å². The Morgan fingerprint density at radius 1 is 1.19 bits per heavy atom. The van der Waals surface area contributed by atoms with E-state index in [1.807, 2.05) is 24.4 Å². The molecule has 0 aliphatic rings. The summed E-state index contributed by atoms with van der Waals surface area (Å²) in [5.41, 5.74) is 1.05. The third kappa shape index (κ3) is 5.97. The molecule has 0 radical (unpaired) electrons. The van der Waals surface area contributed by atoms with Crippen LogP contribution in [0.3, 0.4) is 0 Å². The lowest BCUT2D eigenvalue weighted by molar-refractivity contribution is -0.140. The van der Waals surface area contributed by atoms with Crippen molar-refractivity contribution in [3.63, 3.8) is 0 Å². The van der Waals surface area contributed by atoms with Gasteiger partial charge in [0.05, 0.1) is 0 Å². The van der Waals surface area contributed by atoms with Crippen LogP contribution in [0.25, 0.3) is 6.08 Å². The van der Waals surface area contributed by atoms with Gasteiger partial charge in [-0.1, -0.05) is 13.0 Å². The fraction of sp³-hybridized carbons (Fsp3) is 0.250. The molecule has 0 aliphatic carbocycles. The number of rotatable bonds is 8. The first-order valence-corrected chi connectivity index (χ1v) is 9.24. The number of carbonyl (C=O) groups excluding carboxylic acids is 3. The number of ketones is 1. The van der Waals surface area contributed by atoms with E-state index in [0.29, 0.717) is 17.7 Å². The van der Waals surface area contributed by atoms with Gasteiger partial charge >= 0.3 is 5.97 Å². The van der Waals surface area contributed by atoms with Gasteiger partial charge in [-0.2, -0.15) is 0 Å². The number of ether oxygens (including phenoxy) is 1. The van der Waals surface area contributed by atoms with Gasteiger partial charge in [0.25, 0.3) is 0 Å². The largest absolute Gasteiger partial charge is 0.451 e. The van der Waals surface area contributed by atoms with Gasteiger partial charge in [-0.25, -0.2) is 4.79 Å². The molecule has 1 unspecified atom stereocenters. The van der Waals surface area contributed by atoms with Gasteiger partial charge in [-0.3, -0.25) is 9.59 Å². The molecular formula is C20H21NO4S. The predicted molar refractivity (Wildman–Crippen MR) is 103 cm³/mol. The molecule has 1 aromatic heterocycles. The second-order valence-electron chi connectivity index (χ2n) is 5.67. The maximum Gasteiger partial charge on any atom is 0.331 e. The highest BCUT2D eigenvalue weighted by Gasteiger charge is 2.18. The minimum Gasteiger partial charge on any atom is -0.451 e. The van der Waals surface area contributed by atoms with E-state index in [2.05, 4.69) is 5.32 Å². The smallest absolute Gasteiger partial charge is 0.331 e. The maximum atomic E-state index is 12.4. The zero-order chi connectivity index (χ0) is 18.9. The predicted octanol–water partition coefficient (Wildman–Crippen LogP) is 4.31. The van der Waals surface area contributed by atoms with E-state index < -0.39 is 12.1 Å². The van der Waals surface area contributed by atoms with Crippen LogP contribution in [-0.4, -0.2) is 23.8 Å². The molecule has 0 saturated carbocycles. The molecular weight excluding hydrogens is 350 g/mol. The van der Waals surface area contributed by atoms with Crippen LogP contribution in [0.1, 0.15) is 41.9 Å². The van der Waals surface area contributed by atoms with Gasteiger partial charge in [0.15, 0.2) is 6.10 Å². The van der Waals surface area contributed by atoms with E-state index in [-0.39, 0.29) is 11.7 Å². The van der Waals surface area contributed by atoms with Gasteiger partial charge in [-0.15, -0.1) is 11.3 Å². The topological polar surface area (TPSA) is 72.5 Å². The lowest BCUT2D eigenvalue weighted by atomic mass is 10.1. The Kier molecular flexibility index (Phi) is 7.29. The van der Waals surface area contributed by atoms with Gasteiger partial charge < -0.3 is 10.1 Å². The third-order valence-corrected chi connectivity index (χ3v) is 4.36. The van der Waals surface area contributed by atoms with Crippen LogP contribution >= 0.6 is 11.3 Å². The normalized spacial score (nSPS) is 11.9. The zero-order valence-electron chi connectivity index (χ0n) is 14.7. The number of Topliss-reactive ketones (excluding diaryl/α,β-unsaturated/α-hetero) is 1. The number of nitrogens with one attached hydrogen (secondary N) is 1. The first kappa shape index (κ1) is 19.6. The lowest BCUT2D eigenvalue weighted by Gasteiger charge is -2.11. The fourth-order valence-electron chi connectivity index (χ4n) is 2.21. The van der Waals surface area contributed by atoms with Crippen LogP contribution in [0.15, 0.2) is 47.9 Å². The highest BCUT2D eigenvalue weighted by atomic mass is 32.1. The molecule has 0 spiro atoms. The minimum atomic E-state index is -0.893. The molecule has 1 amide bonds. The minimum absolute atomic E-state index is 0.0635. The molecule has 2 rings (SSSR count). The quantitative estimate of drug-likeness (QED) is 0.426. The first-order chi connectivity index (χ1) is 12.5. The number of anilines is 1. The summed E-state index contributed by atoms with van der Waals surface area (Å²) >= 11 is 1.50. The van der Waals surface area contributed by atoms with E-state index in [1.54, 1.807) is 30.3 Å². The number of amides is 1. The van der Waals surface area contributed by atoms with E-state index in [1.165, 1.54) is 24.3 Å². The van der Waals surface area contributed by atoms with Gasteiger partial charge in [0.1, 0.15) is 0 Å². The molecule has 1 atom stereocenters. The highest BCUT2D eigenvalue weighted by molar-refractivity contribution is 7.10. The fourth-order valence-corrected chi connectivity index (χ4v) is 2.82. The van der Waals surface area contributed by atoms with Crippen LogP contribution in [-0.2, 0) is 14.3 Å². The van der Waals surface area contributed by atoms with Crippen molar-refractivity contribution in [1.82, 2.24) is 0 Å². The van der Waals surface area contributed by atoms with Crippen LogP contribution in [0.5, 0.6) is 0 Å². The summed E-state index contributed by atoms with van der Waals surface area (Å²) in [4.78, 5) is 36.7. The molecule has 6 heteroatoms. The van der Waals surface area contributed by atoms with E-state index in [9.17, 15) is 14.4 Å². The molecule has 0 aliphatic heterocycles. The summed E-state index contributed by atoms with van der Waals surface area (Å²) in [5, 5.41) is 4.66. The van der Waals surface area contributed by atoms with E-state index in [4.69, 9.17) is 4.74 Å². The second kappa shape index (κ2) is 9.68. The summed E-state index contributed by atoms with van der Waals surface area (Å²) in [6.45, 7) is 3.47. The second-order valence-corrected chi connectivity index (χ2v) is 6.65. The van der Waals surface area contributed by atoms with Crippen molar-refractivity contribution in [2.24, 2.45) is 0 Å².